The number of carbonyl (C=O) groups excluding carboxylic acids is 1. The maximum absolute atomic E-state index is 13.2. The quantitative estimate of drug-likeness (QED) is 0.0261. The highest BCUT2D eigenvalue weighted by Crippen LogP contribution is 2.25. The molecular weight excluding hydrogens is 1170 g/mol. The molecule has 0 bridgehead atoms. The van der Waals surface area contributed by atoms with E-state index in [2.05, 4.69) is 31.3 Å². The topological polar surface area (TPSA) is 149 Å². The average Bonchev–Trinajstić information content (AvgIpc) is 0.836. The first kappa shape index (κ1) is 91.9. The van der Waals surface area contributed by atoms with Gasteiger partial charge in [-0.25, -0.2) is 0 Å². The van der Waals surface area contributed by atoms with Gasteiger partial charge in [-0.3, -0.25) is 4.79 Å². The van der Waals surface area contributed by atoms with Crippen molar-refractivity contribution >= 4 is 5.91 Å². The molecule has 1 aliphatic rings. The van der Waals surface area contributed by atoms with Gasteiger partial charge in [0.05, 0.1) is 25.4 Å². The maximum atomic E-state index is 13.2. The summed E-state index contributed by atoms with van der Waals surface area (Å²) in [5.41, 5.74) is 0. The third kappa shape index (κ3) is 63.6. The van der Waals surface area contributed by atoms with Gasteiger partial charge in [-0.15, -0.1) is 0 Å². The Kier molecular flexibility index (Phi) is 73.2. The predicted molar refractivity (Wildman–Crippen MR) is 411 cm³/mol. The lowest BCUT2D eigenvalue weighted by atomic mass is 9.99. The van der Waals surface area contributed by atoms with Crippen LogP contribution in [0.1, 0.15) is 476 Å². The first-order valence-corrected chi connectivity index (χ1v) is 43.4. The van der Waals surface area contributed by atoms with Crippen molar-refractivity contribution in [3.8, 4) is 0 Å². The minimum atomic E-state index is -1.55. The molecule has 566 valence electrons. The van der Waals surface area contributed by atoms with E-state index in [-0.39, 0.29) is 12.5 Å². The summed E-state index contributed by atoms with van der Waals surface area (Å²) < 4.78 is 11.4. The van der Waals surface area contributed by atoms with Gasteiger partial charge in [-0.05, 0) is 38.5 Å². The molecular formula is C86H169NO8. The Morgan fingerprint density at radius 3 is 0.853 bits per heavy atom. The average molecular weight is 1350 g/mol. The zero-order valence-electron chi connectivity index (χ0n) is 64.0. The second-order valence-electron chi connectivity index (χ2n) is 30.7. The van der Waals surface area contributed by atoms with Crippen LogP contribution >= 0.6 is 0 Å². The molecule has 95 heavy (non-hydrogen) atoms. The van der Waals surface area contributed by atoms with Crippen molar-refractivity contribution in [1.82, 2.24) is 5.32 Å². The fraction of sp³-hybridized carbons (Fsp3) is 0.965. The van der Waals surface area contributed by atoms with Gasteiger partial charge in [-0.2, -0.15) is 0 Å². The fourth-order valence-corrected chi connectivity index (χ4v) is 14.6. The van der Waals surface area contributed by atoms with Crippen LogP contribution in [0.3, 0.4) is 0 Å². The van der Waals surface area contributed by atoms with Gasteiger partial charge < -0.3 is 40.3 Å². The molecule has 1 fully saturated rings. The van der Waals surface area contributed by atoms with Crippen molar-refractivity contribution in [1.29, 1.82) is 0 Å². The van der Waals surface area contributed by atoms with Crippen LogP contribution < -0.4 is 5.32 Å². The van der Waals surface area contributed by atoms with Crippen LogP contribution in [0.25, 0.3) is 0 Å². The van der Waals surface area contributed by atoms with Crippen molar-refractivity contribution in [2.45, 2.75) is 519 Å². The zero-order valence-corrected chi connectivity index (χ0v) is 64.0. The van der Waals surface area contributed by atoms with Crippen LogP contribution in [-0.4, -0.2) is 87.5 Å². The van der Waals surface area contributed by atoms with Crippen molar-refractivity contribution < 1.29 is 39.8 Å². The van der Waals surface area contributed by atoms with Gasteiger partial charge in [0.2, 0.25) is 5.91 Å². The number of nitrogens with one attached hydrogen (secondary N) is 1. The summed E-state index contributed by atoms with van der Waals surface area (Å²) >= 11 is 0. The predicted octanol–water partition coefficient (Wildman–Crippen LogP) is 25.3. The van der Waals surface area contributed by atoms with Gasteiger partial charge >= 0.3 is 0 Å². The number of ether oxygens (including phenoxy) is 2. The Labute approximate surface area is 592 Å². The molecule has 0 aromatic carbocycles. The van der Waals surface area contributed by atoms with Crippen molar-refractivity contribution in [3.63, 3.8) is 0 Å². The molecule has 0 spiro atoms. The van der Waals surface area contributed by atoms with Crippen LogP contribution in [-0.2, 0) is 14.3 Å². The Balaban J connectivity index is 2.00. The molecule has 0 aliphatic carbocycles. The third-order valence-electron chi connectivity index (χ3n) is 21.4. The largest absolute Gasteiger partial charge is 0.394 e. The van der Waals surface area contributed by atoms with Crippen molar-refractivity contribution in [2.75, 3.05) is 13.2 Å². The second-order valence-corrected chi connectivity index (χ2v) is 30.7. The minimum Gasteiger partial charge on any atom is -0.394 e. The van der Waals surface area contributed by atoms with Crippen LogP contribution in [0.4, 0.5) is 0 Å². The lowest BCUT2D eigenvalue weighted by Crippen LogP contribution is -2.60. The first-order valence-electron chi connectivity index (χ1n) is 43.4. The number of aliphatic hydroxyl groups is 5. The molecule has 1 rings (SSSR count). The van der Waals surface area contributed by atoms with Gasteiger partial charge in [0.1, 0.15) is 24.4 Å². The van der Waals surface area contributed by atoms with Crippen LogP contribution in [0.15, 0.2) is 12.2 Å². The van der Waals surface area contributed by atoms with Gasteiger partial charge in [-0.1, -0.05) is 443 Å². The highest BCUT2D eigenvalue weighted by atomic mass is 16.7. The Bertz CT molecular complexity index is 1510. The number of allylic oxidation sites excluding steroid dienone is 2. The lowest BCUT2D eigenvalue weighted by molar-refractivity contribution is -0.302. The highest BCUT2D eigenvalue weighted by molar-refractivity contribution is 5.76. The number of hydrogen-bond donors (Lipinski definition) is 6. The summed E-state index contributed by atoms with van der Waals surface area (Å²) in [5.74, 6) is -0.131. The van der Waals surface area contributed by atoms with E-state index in [9.17, 15) is 30.3 Å². The molecule has 1 saturated heterocycles. The number of rotatable bonds is 79. The molecule has 1 aliphatic heterocycles. The first-order chi connectivity index (χ1) is 46.8. The summed E-state index contributed by atoms with van der Waals surface area (Å²) in [7, 11) is 0. The number of hydrogen-bond acceptors (Lipinski definition) is 8. The molecule has 9 nitrogen and oxygen atoms in total. The number of carbonyl (C=O) groups is 1. The Morgan fingerprint density at radius 1 is 0.347 bits per heavy atom. The Morgan fingerprint density at radius 2 is 0.589 bits per heavy atom. The number of amides is 1. The van der Waals surface area contributed by atoms with E-state index in [0.717, 1.165) is 38.5 Å². The van der Waals surface area contributed by atoms with E-state index in [4.69, 9.17) is 9.47 Å². The van der Waals surface area contributed by atoms with Gasteiger partial charge in [0, 0.05) is 6.42 Å². The molecule has 7 atom stereocenters. The molecule has 0 aromatic rings. The highest BCUT2D eigenvalue weighted by Gasteiger charge is 2.44. The monoisotopic (exact) mass is 1340 g/mol. The van der Waals surface area contributed by atoms with Crippen LogP contribution in [0.2, 0.25) is 0 Å². The van der Waals surface area contributed by atoms with E-state index in [0.29, 0.717) is 12.8 Å². The summed E-state index contributed by atoms with van der Waals surface area (Å²) in [6, 6.07) is -0.718. The molecule has 1 heterocycles. The molecule has 0 aromatic heterocycles. The smallest absolute Gasteiger partial charge is 0.220 e. The lowest BCUT2D eigenvalue weighted by Gasteiger charge is -2.40. The normalized spacial score (nSPS) is 17.4. The van der Waals surface area contributed by atoms with Crippen molar-refractivity contribution in [3.05, 3.63) is 12.2 Å². The molecule has 0 radical (unpaired) electrons. The zero-order chi connectivity index (χ0) is 68.5. The third-order valence-corrected chi connectivity index (χ3v) is 21.4. The second kappa shape index (κ2) is 75.6. The van der Waals surface area contributed by atoms with Crippen LogP contribution in [0, 0.1) is 0 Å². The van der Waals surface area contributed by atoms with Gasteiger partial charge in [0.25, 0.3) is 0 Å². The molecule has 1 amide bonds. The SMILES string of the molecule is CCCCCCCCCC/C=C\CCCCCCCCCCCCCCCCCCCCCCCCCCCCCCCC(=O)NC(COC1OC(CO)C(O)C(O)C1O)C(O)CCCCCCCCCCCCCCCCCCCCCCCCCCCCCCCCC. The molecule has 9 heteroatoms. The molecule has 0 saturated carbocycles. The molecule has 6 N–H and O–H groups in total. The Hall–Kier alpha value is -1.07. The van der Waals surface area contributed by atoms with E-state index < -0.39 is 49.5 Å². The van der Waals surface area contributed by atoms with E-state index in [1.165, 1.54) is 411 Å². The summed E-state index contributed by atoms with van der Waals surface area (Å²) in [4.78, 5) is 13.2. The van der Waals surface area contributed by atoms with E-state index in [1.54, 1.807) is 0 Å². The molecule has 7 unspecified atom stereocenters. The summed E-state index contributed by atoms with van der Waals surface area (Å²) in [6.07, 6.45) is 93.6. The maximum Gasteiger partial charge on any atom is 0.220 e. The summed E-state index contributed by atoms with van der Waals surface area (Å²) in [6.45, 7) is 3.92. The van der Waals surface area contributed by atoms with Crippen LogP contribution in [0.5, 0.6) is 0 Å². The summed E-state index contributed by atoms with van der Waals surface area (Å²) in [5, 5.41) is 55.2. The van der Waals surface area contributed by atoms with Gasteiger partial charge in [0.15, 0.2) is 6.29 Å². The van der Waals surface area contributed by atoms with Crippen molar-refractivity contribution in [2.24, 2.45) is 0 Å². The van der Waals surface area contributed by atoms with E-state index >= 15 is 0 Å². The number of unbranched alkanes of at least 4 members (excludes halogenated alkanes) is 67. The standard InChI is InChI=1S/C86H169NO8/c1-3-5-7-9-11-13-15-17-19-21-23-25-27-29-31-33-35-36-37-38-39-40-41-42-43-44-46-48-50-52-54-56-58-60-62-64-66-68-70-72-74-76-82(90)87-79(78-94-86-85(93)84(92)83(91)81(77-88)95-86)80(89)75-73-71-69-67-65-63-61-59-57-55-53-51-49-47-45-34-32-30-28-26-24-22-20-18-16-14-12-10-8-6-4-2/h21,23,79-81,83-86,88-89,91-93H,3-20,22,24-78H2,1-2H3,(H,87,90)/b23-21-. The minimum absolute atomic E-state index is 0.131. The number of aliphatic hydroxyl groups excluding tert-OH is 5. The van der Waals surface area contributed by atoms with E-state index in [1.807, 2.05) is 0 Å². The fourth-order valence-electron chi connectivity index (χ4n) is 14.6.